The summed E-state index contributed by atoms with van der Waals surface area (Å²) in [5, 5.41) is 14.6. The number of para-hydroxylation sites is 1. The first-order valence-electron chi connectivity index (χ1n) is 14.1. The minimum atomic E-state index is -5.17. The summed E-state index contributed by atoms with van der Waals surface area (Å²) in [6.07, 6.45) is -1.25. The van der Waals surface area contributed by atoms with Crippen LogP contribution in [0.4, 0.5) is 18.9 Å². The highest BCUT2D eigenvalue weighted by Gasteiger charge is 2.51. The summed E-state index contributed by atoms with van der Waals surface area (Å²) in [5.41, 5.74) is -0.756. The van der Waals surface area contributed by atoms with E-state index in [0.717, 1.165) is 24.2 Å². The molecule has 0 spiro atoms. The third kappa shape index (κ3) is 7.49. The van der Waals surface area contributed by atoms with Crippen LogP contribution >= 0.6 is 0 Å². The van der Waals surface area contributed by atoms with Gasteiger partial charge in [0, 0.05) is 25.7 Å². The zero-order chi connectivity index (χ0) is 31.2. The number of nitriles is 1. The SMILES string of the molecule is C=C[C@]1(C(=O)Nc2ccccc2)C[C@@H](C#N)N(C(=O)[C@H](CC(C)C)N(C)C(=O)[C@H](CC2CCC2)NC(=O)C(F)(F)F)C1. The summed E-state index contributed by atoms with van der Waals surface area (Å²) < 4.78 is 39.3. The predicted octanol–water partition coefficient (Wildman–Crippen LogP) is 4.03. The molecule has 1 saturated heterocycles. The molecule has 0 radical (unpaired) electrons. The number of nitrogens with one attached hydrogen (secondary N) is 2. The van der Waals surface area contributed by atoms with Crippen molar-refractivity contribution in [1.82, 2.24) is 15.1 Å². The standard InChI is InChI=1S/C30H38F3N5O4/c1-5-29(27(41)35-21-12-7-6-8-13-21)16-22(17-34)38(18-29)26(40)24(14-19(2)3)37(4)25(39)23(15-20-10-9-11-20)36-28(42)30(31,32)33/h5-8,12-13,19-20,22-24H,1,9-11,14-16,18H2,2-4H3,(H,35,41)(H,36,42)/t22-,23-,24-,29-/m0/s1. The summed E-state index contributed by atoms with van der Waals surface area (Å²) >= 11 is 0. The summed E-state index contributed by atoms with van der Waals surface area (Å²) in [6.45, 7) is 7.28. The van der Waals surface area contributed by atoms with E-state index in [1.807, 2.05) is 19.2 Å². The molecule has 0 aromatic heterocycles. The third-order valence-corrected chi connectivity index (χ3v) is 8.14. The second-order valence-electron chi connectivity index (χ2n) is 11.6. The number of anilines is 1. The van der Waals surface area contributed by atoms with Gasteiger partial charge in [-0.2, -0.15) is 18.4 Å². The van der Waals surface area contributed by atoms with Crippen LogP contribution < -0.4 is 10.6 Å². The number of rotatable bonds is 11. The summed E-state index contributed by atoms with van der Waals surface area (Å²) in [6, 6.07) is 7.15. The fourth-order valence-electron chi connectivity index (χ4n) is 5.45. The largest absolute Gasteiger partial charge is 0.471 e. The van der Waals surface area contributed by atoms with Crippen LogP contribution in [0.25, 0.3) is 0 Å². The number of amides is 4. The van der Waals surface area contributed by atoms with E-state index in [1.165, 1.54) is 18.0 Å². The molecule has 9 nitrogen and oxygen atoms in total. The number of likely N-dealkylation sites (tertiary alicyclic amines) is 1. The second-order valence-corrected chi connectivity index (χ2v) is 11.6. The zero-order valence-corrected chi connectivity index (χ0v) is 24.1. The van der Waals surface area contributed by atoms with Crippen LogP contribution in [0.1, 0.15) is 52.4 Å². The molecule has 1 aliphatic carbocycles. The maximum atomic E-state index is 14.0. The molecule has 2 fully saturated rings. The highest BCUT2D eigenvalue weighted by Crippen LogP contribution is 2.38. The molecule has 42 heavy (non-hydrogen) atoms. The van der Waals surface area contributed by atoms with Crippen molar-refractivity contribution in [2.24, 2.45) is 17.3 Å². The summed E-state index contributed by atoms with van der Waals surface area (Å²) in [5.74, 6) is -4.21. The van der Waals surface area contributed by atoms with Gasteiger partial charge in [0.25, 0.3) is 0 Å². The molecule has 2 N–H and O–H groups in total. The molecule has 4 atom stereocenters. The molecule has 12 heteroatoms. The lowest BCUT2D eigenvalue weighted by Crippen LogP contribution is -2.57. The summed E-state index contributed by atoms with van der Waals surface area (Å²) in [4.78, 5) is 55.1. The number of halogens is 3. The number of alkyl halides is 3. The van der Waals surface area contributed by atoms with E-state index in [2.05, 4.69) is 18.0 Å². The van der Waals surface area contributed by atoms with Crippen LogP contribution in [-0.4, -0.2) is 71.3 Å². The Balaban J connectivity index is 1.87. The van der Waals surface area contributed by atoms with Crippen LogP contribution in [0.15, 0.2) is 43.0 Å². The monoisotopic (exact) mass is 589 g/mol. The molecule has 1 aromatic carbocycles. The maximum absolute atomic E-state index is 14.0. The topological polar surface area (TPSA) is 123 Å². The molecule has 0 unspecified atom stereocenters. The van der Waals surface area contributed by atoms with E-state index in [9.17, 15) is 37.6 Å². The molecule has 1 heterocycles. The quantitative estimate of drug-likeness (QED) is 0.378. The van der Waals surface area contributed by atoms with Crippen molar-refractivity contribution in [3.63, 3.8) is 0 Å². The highest BCUT2D eigenvalue weighted by molar-refractivity contribution is 5.98. The smallest absolute Gasteiger partial charge is 0.336 e. The molecule has 1 saturated carbocycles. The van der Waals surface area contributed by atoms with E-state index in [-0.39, 0.29) is 37.6 Å². The molecular formula is C30H38F3N5O4. The van der Waals surface area contributed by atoms with Gasteiger partial charge in [-0.15, -0.1) is 6.58 Å². The van der Waals surface area contributed by atoms with Crippen LogP contribution in [0, 0.1) is 28.6 Å². The first-order valence-corrected chi connectivity index (χ1v) is 14.1. The zero-order valence-electron chi connectivity index (χ0n) is 24.1. The number of hydrogen-bond donors (Lipinski definition) is 2. The minimum Gasteiger partial charge on any atom is -0.336 e. The number of carbonyl (C=O) groups is 4. The van der Waals surface area contributed by atoms with Crippen molar-refractivity contribution in [1.29, 1.82) is 5.26 Å². The molecule has 0 bridgehead atoms. The fraction of sp³-hybridized carbons (Fsp3) is 0.567. The van der Waals surface area contributed by atoms with Crippen molar-refractivity contribution in [3.05, 3.63) is 43.0 Å². The van der Waals surface area contributed by atoms with Crippen molar-refractivity contribution >= 4 is 29.3 Å². The number of nitrogens with zero attached hydrogens (tertiary/aromatic N) is 3. The van der Waals surface area contributed by atoms with Crippen LogP contribution in [0.3, 0.4) is 0 Å². The van der Waals surface area contributed by atoms with Gasteiger partial charge in [-0.05, 0) is 36.8 Å². The van der Waals surface area contributed by atoms with E-state index >= 15 is 0 Å². The van der Waals surface area contributed by atoms with Gasteiger partial charge >= 0.3 is 12.1 Å². The fourth-order valence-corrected chi connectivity index (χ4v) is 5.45. The molecular weight excluding hydrogens is 551 g/mol. The molecule has 228 valence electrons. The predicted molar refractivity (Wildman–Crippen MR) is 149 cm³/mol. The average molecular weight is 590 g/mol. The van der Waals surface area contributed by atoms with Crippen LogP contribution in [0.5, 0.6) is 0 Å². The lowest BCUT2D eigenvalue weighted by atomic mass is 9.80. The number of benzene rings is 1. The molecule has 1 aliphatic heterocycles. The van der Waals surface area contributed by atoms with Crippen LogP contribution in [0.2, 0.25) is 0 Å². The molecule has 2 aliphatic rings. The Morgan fingerprint density at radius 3 is 2.36 bits per heavy atom. The second kappa shape index (κ2) is 13.4. The molecule has 1 aromatic rings. The van der Waals surface area contributed by atoms with Crippen molar-refractivity contribution in [2.75, 3.05) is 18.9 Å². The van der Waals surface area contributed by atoms with Gasteiger partial charge < -0.3 is 20.4 Å². The van der Waals surface area contributed by atoms with Gasteiger partial charge in [-0.25, -0.2) is 0 Å². The van der Waals surface area contributed by atoms with Gasteiger partial charge in [0.15, 0.2) is 0 Å². The molecule has 4 amide bonds. The highest BCUT2D eigenvalue weighted by atomic mass is 19.4. The van der Waals surface area contributed by atoms with Gasteiger partial charge in [0.2, 0.25) is 17.7 Å². The van der Waals surface area contributed by atoms with Gasteiger partial charge in [-0.1, -0.05) is 57.4 Å². The Kier molecular flexibility index (Phi) is 10.4. The maximum Gasteiger partial charge on any atom is 0.471 e. The van der Waals surface area contributed by atoms with Gasteiger partial charge in [0.1, 0.15) is 18.1 Å². The van der Waals surface area contributed by atoms with E-state index in [0.29, 0.717) is 5.69 Å². The molecule has 3 rings (SSSR count). The van der Waals surface area contributed by atoms with Crippen molar-refractivity contribution in [2.45, 2.75) is 76.7 Å². The number of hydrogen-bond acceptors (Lipinski definition) is 5. The van der Waals surface area contributed by atoms with Crippen LogP contribution in [-0.2, 0) is 19.2 Å². The first kappa shape index (κ1) is 32.6. The number of carbonyl (C=O) groups excluding carboxylic acids is 4. The Bertz CT molecular complexity index is 1210. The summed E-state index contributed by atoms with van der Waals surface area (Å²) in [7, 11) is 1.32. The van der Waals surface area contributed by atoms with Crippen molar-refractivity contribution < 1.29 is 32.3 Å². The Morgan fingerprint density at radius 1 is 1.21 bits per heavy atom. The van der Waals surface area contributed by atoms with E-state index in [1.54, 1.807) is 30.3 Å². The Labute approximate surface area is 244 Å². The van der Waals surface area contributed by atoms with Crippen molar-refractivity contribution in [3.8, 4) is 6.07 Å². The minimum absolute atomic E-state index is 0.0157. The third-order valence-electron chi connectivity index (χ3n) is 8.14. The number of likely N-dealkylation sites (N-methyl/N-ethyl adjacent to an activating group) is 1. The lowest BCUT2D eigenvalue weighted by molar-refractivity contribution is -0.175. The Hall–Kier alpha value is -3.88. The van der Waals surface area contributed by atoms with Gasteiger partial charge in [0.05, 0.1) is 11.5 Å². The van der Waals surface area contributed by atoms with E-state index in [4.69, 9.17) is 0 Å². The van der Waals surface area contributed by atoms with E-state index < -0.39 is 53.3 Å². The van der Waals surface area contributed by atoms with Gasteiger partial charge in [-0.3, -0.25) is 19.2 Å². The first-order chi connectivity index (χ1) is 19.7. The Morgan fingerprint density at radius 2 is 1.86 bits per heavy atom. The average Bonchev–Trinajstić information content (AvgIpc) is 3.32. The normalized spacial score (nSPS) is 22.0. The lowest BCUT2D eigenvalue weighted by Gasteiger charge is -2.36.